The molecule has 4 nitrogen and oxygen atoms in total. The molecule has 0 spiro atoms. The van der Waals surface area contributed by atoms with Crippen LogP contribution in [0.25, 0.3) is 5.69 Å². The zero-order valence-corrected chi connectivity index (χ0v) is 11.9. The van der Waals surface area contributed by atoms with E-state index in [1.165, 1.54) is 9.13 Å². The van der Waals surface area contributed by atoms with Crippen LogP contribution < -0.4 is 11.1 Å². The molecule has 0 saturated heterocycles. The van der Waals surface area contributed by atoms with Gasteiger partial charge in [-0.1, -0.05) is 17.7 Å². The van der Waals surface area contributed by atoms with E-state index in [2.05, 4.69) is 0 Å². The lowest BCUT2D eigenvalue weighted by Crippen LogP contribution is -2.40. The molecule has 0 bridgehead atoms. The van der Waals surface area contributed by atoms with E-state index in [9.17, 15) is 9.59 Å². The molecule has 0 aliphatic heterocycles. The Morgan fingerprint density at radius 2 is 1.95 bits per heavy atom. The van der Waals surface area contributed by atoms with Crippen molar-refractivity contribution in [3.8, 4) is 5.69 Å². The third-order valence-corrected chi connectivity index (χ3v) is 4.05. The minimum Gasteiger partial charge on any atom is -0.309 e. The summed E-state index contributed by atoms with van der Waals surface area (Å²) >= 11 is 6.07. The average molecular weight is 291 g/mol. The number of hydrogen-bond acceptors (Lipinski definition) is 2. The van der Waals surface area contributed by atoms with Crippen molar-refractivity contribution in [3.05, 3.63) is 61.9 Å². The van der Waals surface area contributed by atoms with E-state index in [0.717, 1.165) is 18.4 Å². The first kappa shape index (κ1) is 13.2. The summed E-state index contributed by atoms with van der Waals surface area (Å²) < 4.78 is 2.85. The molecular formula is C15H15ClN2O2. The second-order valence-corrected chi connectivity index (χ2v) is 5.71. The average Bonchev–Trinajstić information content (AvgIpc) is 3.23. The molecule has 104 valence electrons. The van der Waals surface area contributed by atoms with Gasteiger partial charge in [0.2, 0.25) is 0 Å². The van der Waals surface area contributed by atoms with Gasteiger partial charge >= 0.3 is 11.1 Å². The van der Waals surface area contributed by atoms with Crippen LogP contribution in [0, 0.1) is 12.8 Å². The van der Waals surface area contributed by atoms with Gasteiger partial charge in [0.25, 0.3) is 0 Å². The van der Waals surface area contributed by atoms with Crippen molar-refractivity contribution in [2.75, 3.05) is 0 Å². The third kappa shape index (κ3) is 2.43. The van der Waals surface area contributed by atoms with Gasteiger partial charge in [-0.05, 0) is 43.4 Å². The highest BCUT2D eigenvalue weighted by atomic mass is 35.5. The van der Waals surface area contributed by atoms with Crippen LogP contribution in [0.4, 0.5) is 0 Å². The monoisotopic (exact) mass is 290 g/mol. The minimum absolute atomic E-state index is 0.476. The molecule has 5 heteroatoms. The Hall–Kier alpha value is -1.81. The van der Waals surface area contributed by atoms with Crippen molar-refractivity contribution in [3.63, 3.8) is 0 Å². The normalized spacial score (nSPS) is 14.5. The first-order valence-corrected chi connectivity index (χ1v) is 7.02. The van der Waals surface area contributed by atoms with Crippen molar-refractivity contribution in [2.24, 2.45) is 5.92 Å². The first-order chi connectivity index (χ1) is 9.56. The van der Waals surface area contributed by atoms with Crippen molar-refractivity contribution in [2.45, 2.75) is 26.3 Å². The number of rotatable bonds is 3. The number of nitrogens with zero attached hydrogens (tertiary/aromatic N) is 2. The summed E-state index contributed by atoms with van der Waals surface area (Å²) in [7, 11) is 0. The van der Waals surface area contributed by atoms with Crippen LogP contribution in [0.3, 0.4) is 0 Å². The molecule has 0 atom stereocenters. The van der Waals surface area contributed by atoms with Crippen molar-refractivity contribution < 1.29 is 0 Å². The van der Waals surface area contributed by atoms with Gasteiger partial charge in [-0.2, -0.15) is 0 Å². The van der Waals surface area contributed by atoms with Crippen molar-refractivity contribution >= 4 is 11.6 Å². The lowest BCUT2D eigenvalue weighted by molar-refractivity contribution is 0.592. The van der Waals surface area contributed by atoms with E-state index in [1.54, 1.807) is 24.5 Å². The highest BCUT2D eigenvalue weighted by Gasteiger charge is 2.22. The predicted molar refractivity (Wildman–Crippen MR) is 78.8 cm³/mol. The fourth-order valence-electron chi connectivity index (χ4n) is 2.17. The molecule has 1 heterocycles. The second-order valence-electron chi connectivity index (χ2n) is 5.31. The van der Waals surface area contributed by atoms with Gasteiger partial charge in [0.1, 0.15) is 0 Å². The summed E-state index contributed by atoms with van der Waals surface area (Å²) in [6.07, 6.45) is 5.59. The van der Waals surface area contributed by atoms with Crippen LogP contribution in [0.15, 0.2) is 40.2 Å². The molecule has 0 radical (unpaired) electrons. The van der Waals surface area contributed by atoms with E-state index in [1.807, 2.05) is 13.0 Å². The highest BCUT2D eigenvalue weighted by molar-refractivity contribution is 6.31. The lowest BCUT2D eigenvalue weighted by Gasteiger charge is -2.09. The van der Waals surface area contributed by atoms with E-state index in [-0.39, 0.29) is 0 Å². The fourth-order valence-corrected chi connectivity index (χ4v) is 2.34. The van der Waals surface area contributed by atoms with Gasteiger partial charge < -0.3 is 4.57 Å². The summed E-state index contributed by atoms with van der Waals surface area (Å²) in [5.41, 5.74) is 0.538. The maximum Gasteiger partial charge on any atom is 0.320 e. The molecule has 1 fully saturated rings. The quantitative estimate of drug-likeness (QED) is 0.815. The Bertz CT molecular complexity index is 772. The molecule has 1 saturated carbocycles. The Balaban J connectivity index is 2.05. The fraction of sp³-hybridized carbons (Fsp3) is 0.333. The molecule has 2 aromatic rings. The van der Waals surface area contributed by atoms with Crippen LogP contribution in [0.5, 0.6) is 0 Å². The van der Waals surface area contributed by atoms with Gasteiger partial charge in [0.15, 0.2) is 0 Å². The largest absolute Gasteiger partial charge is 0.320 e. The summed E-state index contributed by atoms with van der Waals surface area (Å²) in [5, 5.41) is 0.580. The SMILES string of the molecule is Cc1ccc(-n2ccn(CC3CC3)c(=O)c2=O)cc1Cl. The van der Waals surface area contributed by atoms with Crippen LogP contribution in [0.2, 0.25) is 5.02 Å². The maximum absolute atomic E-state index is 12.2. The Morgan fingerprint density at radius 1 is 1.20 bits per heavy atom. The molecular weight excluding hydrogens is 276 g/mol. The van der Waals surface area contributed by atoms with Crippen molar-refractivity contribution in [1.29, 1.82) is 0 Å². The van der Waals surface area contributed by atoms with Gasteiger partial charge in [-0.25, -0.2) is 0 Å². The molecule has 1 aromatic heterocycles. The predicted octanol–water partition coefficient (Wildman–Crippen LogP) is 2.37. The molecule has 3 rings (SSSR count). The molecule has 0 amide bonds. The van der Waals surface area contributed by atoms with Crippen LogP contribution >= 0.6 is 11.6 Å². The van der Waals surface area contributed by atoms with E-state index in [4.69, 9.17) is 11.6 Å². The summed E-state index contributed by atoms with van der Waals surface area (Å²) in [6, 6.07) is 5.32. The first-order valence-electron chi connectivity index (χ1n) is 6.65. The summed E-state index contributed by atoms with van der Waals surface area (Å²) in [5.74, 6) is 0.553. The van der Waals surface area contributed by atoms with E-state index >= 15 is 0 Å². The van der Waals surface area contributed by atoms with Gasteiger partial charge in [-0.3, -0.25) is 14.2 Å². The summed E-state index contributed by atoms with van der Waals surface area (Å²) in [4.78, 5) is 24.2. The lowest BCUT2D eigenvalue weighted by atomic mass is 10.2. The third-order valence-electron chi connectivity index (χ3n) is 3.64. The molecule has 1 aromatic carbocycles. The molecule has 0 N–H and O–H groups in total. The Kier molecular flexibility index (Phi) is 3.26. The number of aromatic nitrogens is 2. The van der Waals surface area contributed by atoms with Gasteiger partial charge in [-0.15, -0.1) is 0 Å². The smallest absolute Gasteiger partial charge is 0.309 e. The molecule has 0 unspecified atom stereocenters. The van der Waals surface area contributed by atoms with Gasteiger partial charge in [0, 0.05) is 24.0 Å². The zero-order valence-electron chi connectivity index (χ0n) is 11.2. The maximum atomic E-state index is 12.2. The van der Waals surface area contributed by atoms with E-state index in [0.29, 0.717) is 23.2 Å². The molecule has 1 aliphatic carbocycles. The van der Waals surface area contributed by atoms with Crippen molar-refractivity contribution in [1.82, 2.24) is 9.13 Å². The number of hydrogen-bond donors (Lipinski definition) is 0. The standard InChI is InChI=1S/C15H15ClN2O2/c1-10-2-5-12(8-13(10)16)18-7-6-17(9-11-3-4-11)14(19)15(18)20/h2,5-8,11H,3-4,9H2,1H3. The van der Waals surface area contributed by atoms with Crippen LogP contribution in [-0.4, -0.2) is 9.13 Å². The molecule has 20 heavy (non-hydrogen) atoms. The second kappa shape index (κ2) is 4.94. The highest BCUT2D eigenvalue weighted by Crippen LogP contribution is 2.29. The number of aryl methyl sites for hydroxylation is 1. The number of benzene rings is 1. The Labute approximate surface area is 121 Å². The molecule has 1 aliphatic rings. The van der Waals surface area contributed by atoms with E-state index < -0.39 is 11.1 Å². The minimum atomic E-state index is -0.534. The summed E-state index contributed by atoms with van der Waals surface area (Å²) in [6.45, 7) is 2.53. The number of halogens is 1. The zero-order chi connectivity index (χ0) is 14.3. The topological polar surface area (TPSA) is 44.0 Å². The van der Waals surface area contributed by atoms with Crippen LogP contribution in [-0.2, 0) is 6.54 Å². The Morgan fingerprint density at radius 3 is 2.60 bits per heavy atom. The van der Waals surface area contributed by atoms with Gasteiger partial charge in [0.05, 0.1) is 5.69 Å². The van der Waals surface area contributed by atoms with Crippen LogP contribution in [0.1, 0.15) is 18.4 Å².